The van der Waals surface area contributed by atoms with Gasteiger partial charge in [-0.15, -0.1) is 0 Å². The molecule has 0 aliphatic carbocycles. The van der Waals surface area contributed by atoms with Gasteiger partial charge in [-0.25, -0.2) is 4.98 Å². The lowest BCUT2D eigenvalue weighted by Gasteiger charge is -2.35. The second-order valence-electron chi connectivity index (χ2n) is 7.88. The summed E-state index contributed by atoms with van der Waals surface area (Å²) in [6, 6.07) is 14.5. The molecule has 4 rings (SSSR count). The molecular weight excluding hydrogens is 362 g/mol. The Morgan fingerprint density at radius 1 is 0.862 bits per heavy atom. The van der Waals surface area contributed by atoms with Crippen molar-refractivity contribution in [3.05, 3.63) is 59.8 Å². The second-order valence-corrected chi connectivity index (χ2v) is 7.88. The Balaban J connectivity index is 1.29. The molecule has 2 aromatic rings. The average molecular weight is 394 g/mol. The molecular formula is C23H31N5O. The Labute approximate surface area is 173 Å². The number of carbonyl (C=O) groups excluding carboxylic acids is 1. The number of piperazine rings is 2. The number of hydrogen-bond donors (Lipinski definition) is 0. The van der Waals surface area contributed by atoms with Crippen LogP contribution in [0.3, 0.4) is 0 Å². The fraction of sp³-hybridized carbons (Fsp3) is 0.478. The first-order chi connectivity index (χ1) is 14.2. The lowest BCUT2D eigenvalue weighted by molar-refractivity contribution is 0.0628. The highest BCUT2D eigenvalue weighted by Crippen LogP contribution is 2.16. The summed E-state index contributed by atoms with van der Waals surface area (Å²) in [5.41, 5.74) is 2.02. The minimum absolute atomic E-state index is 0.0965. The number of aromatic nitrogens is 1. The van der Waals surface area contributed by atoms with E-state index in [0.29, 0.717) is 5.56 Å². The zero-order chi connectivity index (χ0) is 20.1. The molecule has 0 N–H and O–H groups in total. The maximum Gasteiger partial charge on any atom is 0.255 e. The average Bonchev–Trinajstić information content (AvgIpc) is 2.80. The Kier molecular flexibility index (Phi) is 6.42. The molecule has 0 bridgehead atoms. The van der Waals surface area contributed by atoms with Crippen LogP contribution in [0.15, 0.2) is 48.7 Å². The number of carbonyl (C=O) groups is 1. The highest BCUT2D eigenvalue weighted by molar-refractivity contribution is 5.94. The molecule has 3 heterocycles. The number of anilines is 1. The standard InChI is InChI=1S/C23H31N5O/c1-2-25-10-14-27(15-11-25)22-9-8-21(18-24-22)23(29)28-16-12-26(13-17-28)19-20-6-4-3-5-7-20/h3-9,18H,2,10-17,19H2,1H3. The molecule has 0 saturated carbocycles. The summed E-state index contributed by atoms with van der Waals surface area (Å²) < 4.78 is 0. The van der Waals surface area contributed by atoms with Gasteiger partial charge in [0.1, 0.15) is 5.82 Å². The zero-order valence-corrected chi connectivity index (χ0v) is 17.3. The van der Waals surface area contributed by atoms with Crippen molar-refractivity contribution in [2.24, 2.45) is 0 Å². The van der Waals surface area contributed by atoms with Gasteiger partial charge in [0.15, 0.2) is 0 Å². The van der Waals surface area contributed by atoms with Gasteiger partial charge in [-0.1, -0.05) is 37.3 Å². The Morgan fingerprint density at radius 2 is 1.55 bits per heavy atom. The number of nitrogens with zero attached hydrogens (tertiary/aromatic N) is 5. The van der Waals surface area contributed by atoms with Crippen LogP contribution < -0.4 is 4.90 Å². The van der Waals surface area contributed by atoms with Crippen LogP contribution in [0.5, 0.6) is 0 Å². The minimum Gasteiger partial charge on any atom is -0.354 e. The smallest absolute Gasteiger partial charge is 0.255 e. The molecule has 1 amide bonds. The minimum atomic E-state index is 0.0965. The van der Waals surface area contributed by atoms with Crippen LogP contribution in [0.4, 0.5) is 5.82 Å². The molecule has 29 heavy (non-hydrogen) atoms. The number of likely N-dealkylation sites (N-methyl/N-ethyl adjacent to an activating group) is 1. The van der Waals surface area contributed by atoms with Crippen LogP contribution in [0.1, 0.15) is 22.8 Å². The quantitative estimate of drug-likeness (QED) is 0.779. The van der Waals surface area contributed by atoms with E-state index in [9.17, 15) is 4.79 Å². The fourth-order valence-electron chi connectivity index (χ4n) is 4.13. The summed E-state index contributed by atoms with van der Waals surface area (Å²) in [7, 11) is 0. The summed E-state index contributed by atoms with van der Waals surface area (Å²) in [4.78, 5) is 26.6. The van der Waals surface area contributed by atoms with E-state index in [2.05, 4.69) is 50.9 Å². The van der Waals surface area contributed by atoms with Crippen molar-refractivity contribution in [3.63, 3.8) is 0 Å². The van der Waals surface area contributed by atoms with Crippen molar-refractivity contribution in [1.29, 1.82) is 0 Å². The first-order valence-electron chi connectivity index (χ1n) is 10.7. The van der Waals surface area contributed by atoms with Gasteiger partial charge in [-0.2, -0.15) is 0 Å². The van der Waals surface area contributed by atoms with Gasteiger partial charge < -0.3 is 14.7 Å². The van der Waals surface area contributed by atoms with Crippen molar-refractivity contribution < 1.29 is 4.79 Å². The number of hydrogen-bond acceptors (Lipinski definition) is 5. The van der Waals surface area contributed by atoms with E-state index < -0.39 is 0 Å². The van der Waals surface area contributed by atoms with Crippen molar-refractivity contribution in [1.82, 2.24) is 19.7 Å². The topological polar surface area (TPSA) is 42.9 Å². The number of amides is 1. The summed E-state index contributed by atoms with van der Waals surface area (Å²) in [6.07, 6.45) is 1.75. The van der Waals surface area contributed by atoms with Crippen LogP contribution in [0.25, 0.3) is 0 Å². The fourth-order valence-corrected chi connectivity index (χ4v) is 4.13. The van der Waals surface area contributed by atoms with Gasteiger partial charge >= 0.3 is 0 Å². The molecule has 1 aromatic heterocycles. The molecule has 6 heteroatoms. The van der Waals surface area contributed by atoms with Crippen molar-refractivity contribution in [2.45, 2.75) is 13.5 Å². The van der Waals surface area contributed by atoms with Crippen LogP contribution in [0, 0.1) is 0 Å². The van der Waals surface area contributed by atoms with E-state index in [0.717, 1.165) is 71.3 Å². The zero-order valence-electron chi connectivity index (χ0n) is 17.3. The Bertz CT molecular complexity index is 779. The van der Waals surface area contributed by atoms with Gasteiger partial charge in [-0.05, 0) is 24.2 Å². The molecule has 0 radical (unpaired) electrons. The van der Waals surface area contributed by atoms with Gasteiger partial charge in [0.25, 0.3) is 5.91 Å². The van der Waals surface area contributed by atoms with Crippen LogP contribution in [-0.4, -0.2) is 84.5 Å². The van der Waals surface area contributed by atoms with E-state index in [-0.39, 0.29) is 5.91 Å². The lowest BCUT2D eigenvalue weighted by atomic mass is 10.2. The monoisotopic (exact) mass is 393 g/mol. The van der Waals surface area contributed by atoms with Crippen LogP contribution >= 0.6 is 0 Å². The van der Waals surface area contributed by atoms with E-state index in [1.165, 1.54) is 5.56 Å². The highest BCUT2D eigenvalue weighted by atomic mass is 16.2. The molecule has 154 valence electrons. The van der Waals surface area contributed by atoms with Crippen molar-refractivity contribution in [3.8, 4) is 0 Å². The van der Waals surface area contributed by atoms with Crippen LogP contribution in [-0.2, 0) is 6.54 Å². The molecule has 6 nitrogen and oxygen atoms in total. The van der Waals surface area contributed by atoms with Gasteiger partial charge in [0, 0.05) is 65.1 Å². The maximum absolute atomic E-state index is 12.9. The SMILES string of the molecule is CCN1CCN(c2ccc(C(=O)N3CCN(Cc4ccccc4)CC3)cn2)CC1. The summed E-state index contributed by atoms with van der Waals surface area (Å²) in [6.45, 7) is 11.8. The molecule has 2 fully saturated rings. The Hall–Kier alpha value is -2.44. The summed E-state index contributed by atoms with van der Waals surface area (Å²) >= 11 is 0. The Morgan fingerprint density at radius 3 is 2.17 bits per heavy atom. The third-order valence-corrected chi connectivity index (χ3v) is 6.05. The van der Waals surface area contributed by atoms with Gasteiger partial charge in [0.05, 0.1) is 5.56 Å². The third-order valence-electron chi connectivity index (χ3n) is 6.05. The van der Waals surface area contributed by atoms with E-state index >= 15 is 0 Å². The number of rotatable bonds is 5. The van der Waals surface area contributed by atoms with Crippen molar-refractivity contribution >= 4 is 11.7 Å². The molecule has 0 spiro atoms. The van der Waals surface area contributed by atoms with Crippen LogP contribution in [0.2, 0.25) is 0 Å². The summed E-state index contributed by atoms with van der Waals surface area (Å²) in [5, 5.41) is 0. The van der Waals surface area contributed by atoms with Gasteiger partial charge in [0.2, 0.25) is 0 Å². The van der Waals surface area contributed by atoms with E-state index in [4.69, 9.17) is 0 Å². The molecule has 2 aliphatic heterocycles. The first kappa shape index (κ1) is 19.9. The molecule has 2 aliphatic rings. The highest BCUT2D eigenvalue weighted by Gasteiger charge is 2.23. The van der Waals surface area contributed by atoms with E-state index in [1.807, 2.05) is 23.1 Å². The third kappa shape index (κ3) is 4.95. The molecule has 0 unspecified atom stereocenters. The molecule has 2 saturated heterocycles. The second kappa shape index (κ2) is 9.37. The van der Waals surface area contributed by atoms with Gasteiger partial charge in [-0.3, -0.25) is 9.69 Å². The predicted molar refractivity (Wildman–Crippen MR) is 116 cm³/mol. The largest absolute Gasteiger partial charge is 0.354 e. The van der Waals surface area contributed by atoms with E-state index in [1.54, 1.807) is 6.20 Å². The number of pyridine rings is 1. The normalized spacial score (nSPS) is 18.8. The summed E-state index contributed by atoms with van der Waals surface area (Å²) in [5.74, 6) is 1.07. The predicted octanol–water partition coefficient (Wildman–Crippen LogP) is 2.18. The van der Waals surface area contributed by atoms with Crippen molar-refractivity contribution in [2.75, 3.05) is 63.8 Å². The lowest BCUT2D eigenvalue weighted by Crippen LogP contribution is -2.48. The molecule has 1 aromatic carbocycles. The molecule has 0 atom stereocenters. The first-order valence-corrected chi connectivity index (χ1v) is 10.7. The number of benzene rings is 1. The maximum atomic E-state index is 12.9.